The average molecular weight is 453 g/mol. The van der Waals surface area contributed by atoms with Crippen molar-refractivity contribution in [1.29, 1.82) is 0 Å². The first-order chi connectivity index (χ1) is 15.3. The van der Waals surface area contributed by atoms with Crippen molar-refractivity contribution in [1.82, 2.24) is 19.5 Å². The minimum atomic E-state index is -0.194. The Balaban J connectivity index is 1.26. The lowest BCUT2D eigenvalue weighted by Gasteiger charge is -2.59. The van der Waals surface area contributed by atoms with Crippen LogP contribution in [0.5, 0.6) is 0 Å². The molecule has 4 aliphatic rings. The van der Waals surface area contributed by atoms with Crippen LogP contribution in [0.2, 0.25) is 0 Å². The van der Waals surface area contributed by atoms with E-state index >= 15 is 0 Å². The monoisotopic (exact) mass is 452 g/mol. The van der Waals surface area contributed by atoms with Crippen LogP contribution in [0.15, 0.2) is 16.9 Å². The molecule has 0 spiro atoms. The standard InChI is InChI=1S/C25H32N4O2S/c1-4-22-27-28(24(31)20-9-21-19(29(20)22)5-14(2)32-21)13-23(30)26-15(3)25-10-16-6-17(11-25)8-18(7-16)12-25/h5,9,15-18H,4,6-8,10-13H2,1-3H3,(H,26,30). The number of hydrogen-bond acceptors (Lipinski definition) is 4. The van der Waals surface area contributed by atoms with Crippen LogP contribution in [0.3, 0.4) is 0 Å². The number of hydrogen-bond donors (Lipinski definition) is 1. The number of carbonyl (C=O) groups is 1. The van der Waals surface area contributed by atoms with E-state index in [9.17, 15) is 9.59 Å². The summed E-state index contributed by atoms with van der Waals surface area (Å²) in [6.45, 7) is 6.28. The van der Waals surface area contributed by atoms with E-state index in [1.54, 1.807) is 11.3 Å². The molecular formula is C25H32N4O2S. The van der Waals surface area contributed by atoms with Gasteiger partial charge in [-0.2, -0.15) is 5.10 Å². The first-order valence-corrected chi connectivity index (χ1v) is 13.0. The van der Waals surface area contributed by atoms with E-state index in [0.717, 1.165) is 33.8 Å². The van der Waals surface area contributed by atoms with Gasteiger partial charge in [-0.3, -0.25) is 14.0 Å². The van der Waals surface area contributed by atoms with Gasteiger partial charge in [0.2, 0.25) is 5.91 Å². The van der Waals surface area contributed by atoms with Gasteiger partial charge in [-0.05, 0) is 87.7 Å². The van der Waals surface area contributed by atoms with E-state index in [1.165, 1.54) is 48.1 Å². The molecule has 0 aliphatic heterocycles. The third-order valence-electron chi connectivity index (χ3n) is 8.55. The van der Waals surface area contributed by atoms with Gasteiger partial charge in [0.1, 0.15) is 17.9 Å². The molecule has 0 aromatic carbocycles. The fraction of sp³-hybridized carbons (Fsp3) is 0.640. The number of nitrogens with one attached hydrogen (secondary N) is 1. The van der Waals surface area contributed by atoms with Crippen LogP contribution < -0.4 is 10.9 Å². The first-order valence-electron chi connectivity index (χ1n) is 12.2. The summed E-state index contributed by atoms with van der Waals surface area (Å²) in [5.41, 5.74) is 1.71. The zero-order valence-electron chi connectivity index (χ0n) is 19.2. The summed E-state index contributed by atoms with van der Waals surface area (Å²) in [5.74, 6) is 3.27. The van der Waals surface area contributed by atoms with Gasteiger partial charge in [0.25, 0.3) is 5.56 Å². The van der Waals surface area contributed by atoms with Gasteiger partial charge < -0.3 is 5.32 Å². The van der Waals surface area contributed by atoms with Crippen LogP contribution in [0.4, 0.5) is 0 Å². The zero-order valence-corrected chi connectivity index (χ0v) is 20.0. The second-order valence-corrected chi connectivity index (χ2v) is 12.1. The number of thiophene rings is 1. The normalized spacial score (nSPS) is 29.8. The predicted octanol–water partition coefficient (Wildman–Crippen LogP) is 4.30. The zero-order chi connectivity index (χ0) is 22.2. The Morgan fingerprint density at radius 3 is 2.47 bits per heavy atom. The number of amides is 1. The Kier molecular flexibility index (Phi) is 4.59. The minimum absolute atomic E-state index is 0.0170. The highest BCUT2D eigenvalue weighted by Gasteiger charge is 2.53. The van der Waals surface area contributed by atoms with Crippen LogP contribution in [-0.4, -0.2) is 26.1 Å². The van der Waals surface area contributed by atoms with E-state index in [2.05, 4.69) is 30.3 Å². The smallest absolute Gasteiger partial charge is 0.291 e. The van der Waals surface area contributed by atoms with Crippen LogP contribution in [0, 0.1) is 30.1 Å². The molecule has 1 N–H and O–H groups in total. The Morgan fingerprint density at radius 1 is 1.19 bits per heavy atom. The number of nitrogens with zero attached hydrogens (tertiary/aromatic N) is 3. The molecule has 32 heavy (non-hydrogen) atoms. The number of carbonyl (C=O) groups excluding carboxylic acids is 1. The van der Waals surface area contributed by atoms with E-state index in [4.69, 9.17) is 0 Å². The molecule has 4 saturated carbocycles. The number of fused-ring (bicyclic) bond motifs is 3. The van der Waals surface area contributed by atoms with Gasteiger partial charge in [-0.15, -0.1) is 11.3 Å². The fourth-order valence-corrected chi connectivity index (χ4v) is 8.48. The number of rotatable bonds is 5. The summed E-state index contributed by atoms with van der Waals surface area (Å²) < 4.78 is 4.42. The van der Waals surface area contributed by atoms with Crippen molar-refractivity contribution in [3.8, 4) is 0 Å². The van der Waals surface area contributed by atoms with Crippen LogP contribution in [-0.2, 0) is 17.8 Å². The molecule has 3 heterocycles. The highest BCUT2D eigenvalue weighted by atomic mass is 32.1. The summed E-state index contributed by atoms with van der Waals surface area (Å²) in [6, 6.07) is 4.20. The summed E-state index contributed by atoms with van der Waals surface area (Å²) in [6.07, 6.45) is 8.65. The Hall–Kier alpha value is -2.15. The molecule has 3 aromatic heterocycles. The molecule has 7 rings (SSSR count). The maximum absolute atomic E-state index is 13.2. The van der Waals surface area contributed by atoms with Gasteiger partial charge in [0.05, 0.1) is 10.2 Å². The van der Waals surface area contributed by atoms with E-state index in [-0.39, 0.29) is 29.5 Å². The largest absolute Gasteiger partial charge is 0.351 e. The summed E-state index contributed by atoms with van der Waals surface area (Å²) >= 11 is 1.69. The summed E-state index contributed by atoms with van der Waals surface area (Å²) in [7, 11) is 0. The second-order valence-electron chi connectivity index (χ2n) is 10.8. The van der Waals surface area contributed by atoms with Gasteiger partial charge in [-0.1, -0.05) is 6.92 Å². The lowest BCUT2D eigenvalue weighted by atomic mass is 9.48. The molecular weight excluding hydrogens is 420 g/mol. The molecule has 3 aromatic rings. The summed E-state index contributed by atoms with van der Waals surface area (Å²) in [5, 5.41) is 7.88. The Bertz CT molecular complexity index is 1250. The lowest BCUT2D eigenvalue weighted by Crippen LogP contribution is -2.56. The van der Waals surface area contributed by atoms with Crippen LogP contribution in [0.1, 0.15) is 63.1 Å². The molecule has 7 heteroatoms. The van der Waals surface area contributed by atoms with Gasteiger partial charge in [0, 0.05) is 17.3 Å². The van der Waals surface area contributed by atoms with Crippen LogP contribution in [0.25, 0.3) is 15.7 Å². The molecule has 6 nitrogen and oxygen atoms in total. The van der Waals surface area contributed by atoms with Gasteiger partial charge >= 0.3 is 0 Å². The van der Waals surface area contributed by atoms with Gasteiger partial charge in [-0.25, -0.2) is 4.68 Å². The fourth-order valence-electron chi connectivity index (χ4n) is 7.53. The minimum Gasteiger partial charge on any atom is -0.351 e. The van der Waals surface area contributed by atoms with Crippen molar-refractivity contribution in [2.24, 2.45) is 23.2 Å². The highest BCUT2D eigenvalue weighted by molar-refractivity contribution is 7.19. The first kappa shape index (κ1) is 20.5. The predicted molar refractivity (Wildman–Crippen MR) is 127 cm³/mol. The molecule has 4 fully saturated rings. The molecule has 4 bridgehead atoms. The van der Waals surface area contributed by atoms with Crippen molar-refractivity contribution >= 4 is 33.0 Å². The van der Waals surface area contributed by atoms with E-state index < -0.39 is 0 Å². The SMILES string of the molecule is CCc1nn(CC(=O)NC(C)C23CC4CC(CC(C4)C2)C3)c(=O)c2cc3sc(C)cc3n12. The maximum atomic E-state index is 13.2. The third-order valence-corrected chi connectivity index (χ3v) is 9.54. The third kappa shape index (κ3) is 3.07. The molecule has 170 valence electrons. The van der Waals surface area contributed by atoms with Crippen LogP contribution >= 0.6 is 11.3 Å². The van der Waals surface area contributed by atoms with Crippen molar-refractivity contribution in [2.45, 2.75) is 78.3 Å². The summed E-state index contributed by atoms with van der Waals surface area (Å²) in [4.78, 5) is 27.5. The molecule has 1 amide bonds. The topological polar surface area (TPSA) is 68.4 Å². The van der Waals surface area contributed by atoms with Crippen molar-refractivity contribution in [2.75, 3.05) is 0 Å². The molecule has 0 saturated heterocycles. The van der Waals surface area contributed by atoms with E-state index in [1.807, 2.05) is 17.4 Å². The maximum Gasteiger partial charge on any atom is 0.291 e. The molecule has 0 radical (unpaired) electrons. The average Bonchev–Trinajstić information content (AvgIpc) is 3.25. The molecule has 1 unspecified atom stereocenters. The quantitative estimate of drug-likeness (QED) is 0.627. The Labute approximate surface area is 192 Å². The number of aryl methyl sites for hydroxylation is 2. The second kappa shape index (κ2) is 7.17. The Morgan fingerprint density at radius 2 is 1.84 bits per heavy atom. The highest BCUT2D eigenvalue weighted by Crippen LogP contribution is 2.61. The van der Waals surface area contributed by atoms with Crippen molar-refractivity contribution < 1.29 is 4.79 Å². The van der Waals surface area contributed by atoms with Crippen molar-refractivity contribution in [3.05, 3.63) is 33.2 Å². The molecule has 1 atom stereocenters. The number of aromatic nitrogens is 3. The lowest BCUT2D eigenvalue weighted by molar-refractivity contribution is -0.126. The van der Waals surface area contributed by atoms with Crippen molar-refractivity contribution in [3.63, 3.8) is 0 Å². The van der Waals surface area contributed by atoms with Gasteiger partial charge in [0.15, 0.2) is 0 Å². The molecule has 4 aliphatic carbocycles. The van der Waals surface area contributed by atoms with E-state index in [0.29, 0.717) is 11.9 Å².